The molecule has 2 rings (SSSR count). The van der Waals surface area contributed by atoms with Gasteiger partial charge in [-0.3, -0.25) is 14.3 Å². The Bertz CT molecular complexity index is 509. The number of nitrogens with one attached hydrogen (secondary N) is 2. The maximum absolute atomic E-state index is 11.7. The minimum atomic E-state index is -0.244. The van der Waals surface area contributed by atoms with Crippen LogP contribution in [0.25, 0.3) is 0 Å². The highest BCUT2D eigenvalue weighted by molar-refractivity contribution is 5.97. The van der Waals surface area contributed by atoms with E-state index in [4.69, 9.17) is 4.74 Å². The maximum atomic E-state index is 11.7. The summed E-state index contributed by atoms with van der Waals surface area (Å²) in [6, 6.07) is 0. The molecule has 2 N–H and O–H groups in total. The quantitative estimate of drug-likeness (QED) is 0.845. The molecule has 1 aliphatic heterocycles. The summed E-state index contributed by atoms with van der Waals surface area (Å²) in [5.41, 5.74) is 0.868. The zero-order valence-corrected chi connectivity index (χ0v) is 11.3. The van der Waals surface area contributed by atoms with Crippen LogP contribution in [0, 0.1) is 0 Å². The first-order valence-electron chi connectivity index (χ1n) is 6.27. The molecule has 1 aromatic heterocycles. The van der Waals surface area contributed by atoms with Crippen LogP contribution in [0.15, 0.2) is 0 Å². The molecule has 1 aromatic rings. The van der Waals surface area contributed by atoms with Gasteiger partial charge in [0.1, 0.15) is 12.4 Å². The van der Waals surface area contributed by atoms with Crippen molar-refractivity contribution in [3.8, 4) is 0 Å². The smallest absolute Gasteiger partial charge is 0.251 e. The SMILES string of the molecule is CCOCC(=O)Nc1nn(C)c2c1[C@H](C)CC(=O)N2. The van der Waals surface area contributed by atoms with Gasteiger partial charge >= 0.3 is 0 Å². The molecule has 0 fully saturated rings. The molecule has 0 saturated heterocycles. The molecule has 0 saturated carbocycles. The van der Waals surface area contributed by atoms with Crippen LogP contribution >= 0.6 is 0 Å². The number of ether oxygens (including phenoxy) is 1. The maximum Gasteiger partial charge on any atom is 0.251 e. The Labute approximate surface area is 111 Å². The molecule has 0 unspecified atom stereocenters. The second-order valence-electron chi connectivity index (χ2n) is 4.57. The third-order valence-electron chi connectivity index (χ3n) is 3.02. The van der Waals surface area contributed by atoms with E-state index in [2.05, 4.69) is 15.7 Å². The van der Waals surface area contributed by atoms with E-state index in [1.165, 1.54) is 0 Å². The van der Waals surface area contributed by atoms with Crippen LogP contribution < -0.4 is 10.6 Å². The highest BCUT2D eigenvalue weighted by Crippen LogP contribution is 2.36. The van der Waals surface area contributed by atoms with Gasteiger partial charge in [0.25, 0.3) is 5.91 Å². The van der Waals surface area contributed by atoms with Crippen molar-refractivity contribution in [3.63, 3.8) is 0 Å². The summed E-state index contributed by atoms with van der Waals surface area (Å²) in [6.45, 7) is 4.26. The summed E-state index contributed by atoms with van der Waals surface area (Å²) in [5, 5.41) is 9.74. The van der Waals surface area contributed by atoms with E-state index in [9.17, 15) is 9.59 Å². The average Bonchev–Trinajstić information content (AvgIpc) is 2.63. The van der Waals surface area contributed by atoms with Crippen molar-refractivity contribution in [1.29, 1.82) is 0 Å². The van der Waals surface area contributed by atoms with Crippen molar-refractivity contribution >= 4 is 23.5 Å². The van der Waals surface area contributed by atoms with Crippen molar-refractivity contribution in [3.05, 3.63) is 5.56 Å². The molecule has 1 aliphatic rings. The Morgan fingerprint density at radius 2 is 2.37 bits per heavy atom. The van der Waals surface area contributed by atoms with Crippen molar-refractivity contribution in [2.45, 2.75) is 26.2 Å². The van der Waals surface area contributed by atoms with Gasteiger partial charge in [0.05, 0.1) is 0 Å². The number of aryl methyl sites for hydroxylation is 1. The summed E-state index contributed by atoms with van der Waals surface area (Å²) in [5.74, 6) is 0.895. The molecular formula is C12H18N4O3. The third kappa shape index (κ3) is 2.76. The number of nitrogens with zero attached hydrogens (tertiary/aromatic N) is 2. The number of rotatable bonds is 4. The van der Waals surface area contributed by atoms with E-state index in [1.54, 1.807) is 11.7 Å². The third-order valence-corrected chi connectivity index (χ3v) is 3.02. The van der Waals surface area contributed by atoms with Gasteiger partial charge in [-0.25, -0.2) is 0 Å². The topological polar surface area (TPSA) is 85.2 Å². The van der Waals surface area contributed by atoms with Crippen molar-refractivity contribution in [1.82, 2.24) is 9.78 Å². The minimum Gasteiger partial charge on any atom is -0.372 e. The molecule has 19 heavy (non-hydrogen) atoms. The molecule has 7 heteroatoms. The van der Waals surface area contributed by atoms with Crippen molar-refractivity contribution in [2.24, 2.45) is 7.05 Å². The highest BCUT2D eigenvalue weighted by atomic mass is 16.5. The zero-order chi connectivity index (χ0) is 14.0. The molecule has 0 aliphatic carbocycles. The Kier molecular flexibility index (Phi) is 3.84. The van der Waals surface area contributed by atoms with E-state index in [0.29, 0.717) is 24.7 Å². The lowest BCUT2D eigenvalue weighted by Crippen LogP contribution is -2.24. The van der Waals surface area contributed by atoms with Gasteiger partial charge < -0.3 is 15.4 Å². The van der Waals surface area contributed by atoms with Gasteiger partial charge in [0.2, 0.25) is 5.91 Å². The predicted octanol–water partition coefficient (Wildman–Crippen LogP) is 0.841. The van der Waals surface area contributed by atoms with Gasteiger partial charge in [-0.1, -0.05) is 6.92 Å². The molecular weight excluding hydrogens is 248 g/mol. The number of carbonyl (C=O) groups excluding carboxylic acids is 2. The summed E-state index contributed by atoms with van der Waals surface area (Å²) >= 11 is 0. The van der Waals surface area contributed by atoms with E-state index >= 15 is 0 Å². The van der Waals surface area contributed by atoms with Crippen LogP contribution in [0.5, 0.6) is 0 Å². The molecule has 0 aromatic carbocycles. The fraction of sp³-hybridized carbons (Fsp3) is 0.583. The number of anilines is 2. The number of hydrogen-bond acceptors (Lipinski definition) is 4. The Hall–Kier alpha value is -1.89. The normalized spacial score (nSPS) is 17.8. The van der Waals surface area contributed by atoms with Crippen LogP contribution in [0.1, 0.15) is 31.7 Å². The molecule has 1 atom stereocenters. The lowest BCUT2D eigenvalue weighted by Gasteiger charge is -2.20. The van der Waals surface area contributed by atoms with Crippen LogP contribution in [0.4, 0.5) is 11.6 Å². The number of hydrogen-bond donors (Lipinski definition) is 2. The zero-order valence-electron chi connectivity index (χ0n) is 11.3. The van der Waals surface area contributed by atoms with E-state index in [-0.39, 0.29) is 24.3 Å². The van der Waals surface area contributed by atoms with Crippen molar-refractivity contribution < 1.29 is 14.3 Å². The van der Waals surface area contributed by atoms with Crippen LogP contribution in [0.3, 0.4) is 0 Å². The largest absolute Gasteiger partial charge is 0.372 e. The second kappa shape index (κ2) is 5.40. The number of aromatic nitrogens is 2. The van der Waals surface area contributed by atoms with Crippen LogP contribution in [-0.4, -0.2) is 34.8 Å². The van der Waals surface area contributed by atoms with E-state index in [1.807, 2.05) is 13.8 Å². The Morgan fingerprint density at radius 3 is 3.05 bits per heavy atom. The van der Waals surface area contributed by atoms with Crippen LogP contribution in [0.2, 0.25) is 0 Å². The summed E-state index contributed by atoms with van der Waals surface area (Å²) in [4.78, 5) is 23.2. The van der Waals surface area contributed by atoms with Gasteiger partial charge in [0, 0.05) is 25.6 Å². The first kappa shape index (κ1) is 13.5. The van der Waals surface area contributed by atoms with Gasteiger partial charge in [-0.05, 0) is 12.8 Å². The van der Waals surface area contributed by atoms with Crippen LogP contribution in [-0.2, 0) is 21.4 Å². The lowest BCUT2D eigenvalue weighted by atomic mass is 9.95. The summed E-state index contributed by atoms with van der Waals surface area (Å²) in [6.07, 6.45) is 0.396. The number of fused-ring (bicyclic) bond motifs is 1. The monoisotopic (exact) mass is 266 g/mol. The molecule has 2 amide bonds. The van der Waals surface area contributed by atoms with Gasteiger partial charge in [0.15, 0.2) is 5.82 Å². The van der Waals surface area contributed by atoms with E-state index < -0.39 is 0 Å². The summed E-state index contributed by atoms with van der Waals surface area (Å²) in [7, 11) is 1.73. The molecule has 2 heterocycles. The molecule has 0 spiro atoms. The van der Waals surface area contributed by atoms with Crippen molar-refractivity contribution in [2.75, 3.05) is 23.8 Å². The fourth-order valence-electron chi connectivity index (χ4n) is 2.17. The number of amides is 2. The highest BCUT2D eigenvalue weighted by Gasteiger charge is 2.29. The van der Waals surface area contributed by atoms with Gasteiger partial charge in [-0.2, -0.15) is 5.10 Å². The Balaban J connectivity index is 2.21. The Morgan fingerprint density at radius 1 is 1.63 bits per heavy atom. The van der Waals surface area contributed by atoms with Gasteiger partial charge in [-0.15, -0.1) is 0 Å². The fourth-order valence-corrected chi connectivity index (χ4v) is 2.17. The molecule has 0 bridgehead atoms. The predicted molar refractivity (Wildman–Crippen MR) is 70.0 cm³/mol. The molecule has 7 nitrogen and oxygen atoms in total. The first-order valence-corrected chi connectivity index (χ1v) is 6.27. The standard InChI is InChI=1S/C12H18N4O3/c1-4-19-6-9(18)13-11-10-7(2)5-8(17)14-12(10)16(3)15-11/h7H,4-6H2,1-3H3,(H,14,17)(H,13,15,18)/t7-/m1/s1. The minimum absolute atomic E-state index is 0.00257. The number of carbonyl (C=O) groups is 2. The first-order chi connectivity index (χ1) is 9.02. The lowest BCUT2D eigenvalue weighted by molar-refractivity contribution is -0.120. The molecule has 0 radical (unpaired) electrons. The van der Waals surface area contributed by atoms with E-state index in [0.717, 1.165) is 5.56 Å². The average molecular weight is 266 g/mol. The second-order valence-corrected chi connectivity index (χ2v) is 4.57. The molecule has 104 valence electrons. The summed E-state index contributed by atoms with van der Waals surface area (Å²) < 4.78 is 6.61.